The van der Waals surface area contributed by atoms with Gasteiger partial charge >= 0.3 is 0 Å². The lowest BCUT2D eigenvalue weighted by Crippen LogP contribution is -2.04. The summed E-state index contributed by atoms with van der Waals surface area (Å²) in [6, 6.07) is 8.86. The Kier molecular flexibility index (Phi) is 4.56. The summed E-state index contributed by atoms with van der Waals surface area (Å²) in [5.41, 5.74) is 1.01. The minimum absolute atomic E-state index is 0.256. The molecule has 0 N–H and O–H groups in total. The van der Waals surface area contributed by atoms with Crippen LogP contribution in [0, 0.1) is 6.92 Å². The van der Waals surface area contributed by atoms with Crippen LogP contribution in [-0.4, -0.2) is 26.2 Å². The third-order valence-electron chi connectivity index (χ3n) is 1.81. The zero-order valence-corrected chi connectivity index (χ0v) is 10.5. The van der Waals surface area contributed by atoms with E-state index in [1.54, 1.807) is 24.3 Å². The molecule has 16 heavy (non-hydrogen) atoms. The van der Waals surface area contributed by atoms with Gasteiger partial charge in [0.1, 0.15) is 0 Å². The van der Waals surface area contributed by atoms with Crippen LogP contribution in [0.25, 0.3) is 0 Å². The summed E-state index contributed by atoms with van der Waals surface area (Å²) < 4.78 is 23.4. The molecule has 1 rings (SSSR count). The van der Waals surface area contributed by atoms with Gasteiger partial charge in [0.05, 0.1) is 16.8 Å². The first kappa shape index (κ1) is 12.8. The quantitative estimate of drug-likeness (QED) is 0.607. The van der Waals surface area contributed by atoms with E-state index in [0.717, 1.165) is 5.56 Å². The molecule has 0 saturated heterocycles. The van der Waals surface area contributed by atoms with Crippen LogP contribution in [0.15, 0.2) is 39.1 Å². The van der Waals surface area contributed by atoms with E-state index < -0.39 is 9.84 Å². The molecule has 0 atom stereocenters. The Morgan fingerprint density at radius 2 is 2.00 bits per heavy atom. The van der Waals surface area contributed by atoms with Gasteiger partial charge in [0.15, 0.2) is 15.7 Å². The van der Waals surface area contributed by atoms with Gasteiger partial charge in [0.2, 0.25) is 0 Å². The molecular formula is C10H11N2O2PS. The Morgan fingerprint density at radius 1 is 1.38 bits per heavy atom. The summed E-state index contributed by atoms with van der Waals surface area (Å²) >= 11 is 0. The average Bonchev–Trinajstić information content (AvgIpc) is 2.25. The highest BCUT2D eigenvalue weighted by molar-refractivity contribution is 7.91. The van der Waals surface area contributed by atoms with Crippen molar-refractivity contribution in [3.05, 3.63) is 29.8 Å². The lowest BCUT2D eigenvalue weighted by Gasteiger charge is -2.00. The molecule has 0 unspecified atom stereocenters. The zero-order valence-electron chi connectivity index (χ0n) is 8.71. The maximum Gasteiger partial charge on any atom is 0.199 e. The molecule has 1 aromatic carbocycles. The fourth-order valence-electron chi connectivity index (χ4n) is 1.00. The van der Waals surface area contributed by atoms with Crippen molar-refractivity contribution in [3.8, 4) is 0 Å². The topological polar surface area (TPSA) is 58.9 Å². The molecule has 0 aromatic heterocycles. The maximum absolute atomic E-state index is 11.7. The lowest BCUT2D eigenvalue weighted by molar-refractivity contribution is 0.596. The van der Waals surface area contributed by atoms with E-state index >= 15 is 0 Å². The molecule has 0 spiro atoms. The van der Waals surface area contributed by atoms with Crippen LogP contribution in [0.2, 0.25) is 0 Å². The van der Waals surface area contributed by atoms with Gasteiger partial charge in [-0.1, -0.05) is 17.7 Å². The van der Waals surface area contributed by atoms with Crippen LogP contribution in [0.1, 0.15) is 5.56 Å². The van der Waals surface area contributed by atoms with Crippen LogP contribution in [-0.2, 0) is 9.84 Å². The summed E-state index contributed by atoms with van der Waals surface area (Å²) in [7, 11) is -0.412. The second-order valence-electron chi connectivity index (χ2n) is 3.07. The highest BCUT2D eigenvalue weighted by atomic mass is 32.2. The largest absolute Gasteiger partial charge is 0.222 e. The van der Waals surface area contributed by atoms with Crippen molar-refractivity contribution in [2.45, 2.75) is 11.8 Å². The molecule has 84 valence electrons. The molecule has 0 heterocycles. The Bertz CT molecular complexity index is 528. The number of hydrogen-bond acceptors (Lipinski definition) is 3. The van der Waals surface area contributed by atoms with E-state index in [2.05, 4.69) is 24.9 Å². The molecule has 0 fully saturated rings. The van der Waals surface area contributed by atoms with Gasteiger partial charge in [-0.15, -0.1) is 8.86 Å². The fourth-order valence-corrected chi connectivity index (χ4v) is 1.99. The monoisotopic (exact) mass is 254 g/mol. The molecule has 0 saturated carbocycles. The Labute approximate surface area is 96.9 Å². The Hall–Kier alpha value is -1.28. The first-order valence-electron chi connectivity index (χ1n) is 4.46. The normalized spacial score (nSPS) is 10.3. The fraction of sp³-hybridized carbons (Fsp3) is 0.200. The molecule has 0 aliphatic carbocycles. The van der Waals surface area contributed by atoms with Gasteiger partial charge in [-0.25, -0.2) is 13.4 Å². The predicted molar refractivity (Wildman–Crippen MR) is 67.5 cm³/mol. The van der Waals surface area contributed by atoms with Gasteiger partial charge in [-0.3, -0.25) is 0 Å². The highest BCUT2D eigenvalue weighted by Gasteiger charge is 2.12. The lowest BCUT2D eigenvalue weighted by atomic mass is 10.2. The van der Waals surface area contributed by atoms with Gasteiger partial charge in [0, 0.05) is 0 Å². The Balaban J connectivity index is 2.90. The van der Waals surface area contributed by atoms with Gasteiger partial charge in [-0.2, -0.15) is 4.99 Å². The third-order valence-corrected chi connectivity index (χ3v) is 3.40. The molecule has 0 aliphatic heterocycles. The summed E-state index contributed by atoms with van der Waals surface area (Å²) in [6.45, 7) is 1.90. The number of sulfone groups is 1. The van der Waals surface area contributed by atoms with E-state index in [1.807, 2.05) is 6.92 Å². The van der Waals surface area contributed by atoms with Gasteiger partial charge in [0.25, 0.3) is 0 Å². The van der Waals surface area contributed by atoms with E-state index in [0.29, 0.717) is 0 Å². The number of nitrogens with zero attached hydrogens (tertiary/aromatic N) is 2. The van der Waals surface area contributed by atoms with Crippen LogP contribution in [0.4, 0.5) is 0 Å². The summed E-state index contributed by atoms with van der Waals surface area (Å²) in [4.78, 5) is 7.31. The summed E-state index contributed by atoms with van der Waals surface area (Å²) in [5, 5.41) is 0. The molecule has 6 heteroatoms. The first-order valence-corrected chi connectivity index (χ1v) is 6.69. The molecule has 0 radical (unpaired) electrons. The van der Waals surface area contributed by atoms with Crippen LogP contribution in [0.5, 0.6) is 0 Å². The van der Waals surface area contributed by atoms with Gasteiger partial charge in [-0.05, 0) is 19.1 Å². The van der Waals surface area contributed by atoms with Crippen molar-refractivity contribution in [2.24, 2.45) is 9.98 Å². The second kappa shape index (κ2) is 5.71. The van der Waals surface area contributed by atoms with E-state index in [4.69, 9.17) is 0 Å². The minimum atomic E-state index is -3.38. The van der Waals surface area contributed by atoms with Crippen molar-refractivity contribution in [3.63, 3.8) is 0 Å². The summed E-state index contributed by atoms with van der Waals surface area (Å²) in [6.07, 6.45) is 0. The number of rotatable bonds is 4. The summed E-state index contributed by atoms with van der Waals surface area (Å²) in [5.74, 6) is 0.946. The Morgan fingerprint density at radius 3 is 2.56 bits per heavy atom. The average molecular weight is 254 g/mol. The second-order valence-corrected chi connectivity index (χ2v) is 5.29. The first-order chi connectivity index (χ1) is 7.56. The van der Waals surface area contributed by atoms with E-state index in [-0.39, 0.29) is 10.8 Å². The number of benzene rings is 1. The zero-order chi connectivity index (χ0) is 12.0. The maximum atomic E-state index is 11.7. The number of hydrogen-bond donors (Lipinski definition) is 0. The predicted octanol–water partition coefficient (Wildman–Crippen LogP) is 1.80. The molecule has 4 nitrogen and oxygen atoms in total. The van der Waals surface area contributed by atoms with Gasteiger partial charge < -0.3 is 0 Å². The molecular weight excluding hydrogens is 243 g/mol. The van der Waals surface area contributed by atoms with Crippen LogP contribution < -0.4 is 0 Å². The minimum Gasteiger partial charge on any atom is -0.222 e. The van der Waals surface area contributed by atoms with Crippen molar-refractivity contribution < 1.29 is 8.42 Å². The molecule has 0 amide bonds. The number of aliphatic imine (C=N–C) groups is 2. The number of aryl methyl sites for hydroxylation is 1. The van der Waals surface area contributed by atoms with Crippen molar-refractivity contribution in [2.75, 3.05) is 5.88 Å². The smallest absolute Gasteiger partial charge is 0.199 e. The van der Waals surface area contributed by atoms with Crippen molar-refractivity contribution >= 4 is 30.6 Å². The van der Waals surface area contributed by atoms with E-state index in [9.17, 15) is 8.42 Å². The van der Waals surface area contributed by atoms with Crippen LogP contribution >= 0.6 is 8.86 Å². The van der Waals surface area contributed by atoms with Crippen molar-refractivity contribution in [1.29, 1.82) is 0 Å². The van der Waals surface area contributed by atoms with Crippen molar-refractivity contribution in [1.82, 2.24) is 0 Å². The SMILES string of the molecule is Cc1ccc(S(=O)(=O)CN=C=NC=P)cc1. The molecule has 0 aliphatic rings. The standard InChI is InChI=1S/C10H11N2O2PS/c1-9-2-4-10(5-3-9)16(13,14)8-12-6-11-7-15/h2-5,7,15H,8H2,1H3. The van der Waals surface area contributed by atoms with Crippen LogP contribution in [0.3, 0.4) is 0 Å². The third kappa shape index (κ3) is 3.70. The molecule has 1 aromatic rings. The van der Waals surface area contributed by atoms with E-state index in [1.165, 1.54) is 5.92 Å². The highest BCUT2D eigenvalue weighted by Crippen LogP contribution is 2.11. The molecule has 0 bridgehead atoms.